The molecule has 0 heterocycles. The highest BCUT2D eigenvalue weighted by atomic mass is 16.5. The lowest BCUT2D eigenvalue weighted by Gasteiger charge is -2.32. The van der Waals surface area contributed by atoms with Gasteiger partial charge in [0.15, 0.2) is 0 Å². The Kier molecular flexibility index (Phi) is 4.65. The summed E-state index contributed by atoms with van der Waals surface area (Å²) in [6, 6.07) is 5.98. The summed E-state index contributed by atoms with van der Waals surface area (Å²) in [5.41, 5.74) is 2.04. The lowest BCUT2D eigenvalue weighted by molar-refractivity contribution is 0.0871. The van der Waals surface area contributed by atoms with Gasteiger partial charge in [-0.15, -0.1) is 0 Å². The number of aliphatic hydroxyl groups excluding tert-OH is 1. The van der Waals surface area contributed by atoms with Crippen LogP contribution in [0.2, 0.25) is 0 Å². The van der Waals surface area contributed by atoms with Gasteiger partial charge in [-0.3, -0.25) is 0 Å². The molecule has 100 valence electrons. The third-order valence-corrected chi connectivity index (χ3v) is 4.10. The molecule has 2 unspecified atom stereocenters. The SMILES string of the molecule is CCC1CCCCC1Oc1c(C)cccc1CO. The van der Waals surface area contributed by atoms with Gasteiger partial charge in [-0.2, -0.15) is 0 Å². The van der Waals surface area contributed by atoms with Crippen molar-refractivity contribution in [2.24, 2.45) is 5.92 Å². The molecule has 0 radical (unpaired) electrons. The zero-order valence-electron chi connectivity index (χ0n) is 11.5. The van der Waals surface area contributed by atoms with E-state index in [9.17, 15) is 5.11 Å². The van der Waals surface area contributed by atoms with Crippen LogP contribution in [0.15, 0.2) is 18.2 Å². The molecule has 1 fully saturated rings. The van der Waals surface area contributed by atoms with Crippen molar-refractivity contribution in [3.8, 4) is 5.75 Å². The number of hydrogen-bond acceptors (Lipinski definition) is 2. The first-order chi connectivity index (χ1) is 8.76. The molecule has 2 atom stereocenters. The average molecular weight is 248 g/mol. The Balaban J connectivity index is 2.17. The Bertz CT molecular complexity index is 387. The first kappa shape index (κ1) is 13.4. The maximum atomic E-state index is 9.42. The monoisotopic (exact) mass is 248 g/mol. The van der Waals surface area contributed by atoms with E-state index < -0.39 is 0 Å². The normalized spacial score (nSPS) is 23.9. The van der Waals surface area contributed by atoms with Crippen molar-refractivity contribution in [3.05, 3.63) is 29.3 Å². The first-order valence-electron chi connectivity index (χ1n) is 7.12. The Morgan fingerprint density at radius 2 is 2.06 bits per heavy atom. The van der Waals surface area contributed by atoms with E-state index in [2.05, 4.69) is 19.9 Å². The molecule has 1 aromatic carbocycles. The van der Waals surface area contributed by atoms with Crippen molar-refractivity contribution in [3.63, 3.8) is 0 Å². The van der Waals surface area contributed by atoms with Crippen LogP contribution in [-0.2, 0) is 6.61 Å². The van der Waals surface area contributed by atoms with E-state index >= 15 is 0 Å². The zero-order valence-corrected chi connectivity index (χ0v) is 11.5. The van der Waals surface area contributed by atoms with Crippen LogP contribution >= 0.6 is 0 Å². The summed E-state index contributed by atoms with van der Waals surface area (Å²) in [6.07, 6.45) is 6.54. The van der Waals surface area contributed by atoms with Crippen molar-refractivity contribution in [2.45, 2.75) is 58.7 Å². The minimum absolute atomic E-state index is 0.0561. The Labute approximate surface area is 110 Å². The van der Waals surface area contributed by atoms with Gasteiger partial charge in [0, 0.05) is 5.56 Å². The molecule has 0 spiro atoms. The smallest absolute Gasteiger partial charge is 0.128 e. The maximum Gasteiger partial charge on any atom is 0.128 e. The van der Waals surface area contributed by atoms with Crippen molar-refractivity contribution in [1.82, 2.24) is 0 Å². The Morgan fingerprint density at radius 1 is 1.28 bits per heavy atom. The fraction of sp³-hybridized carbons (Fsp3) is 0.625. The van der Waals surface area contributed by atoms with E-state index in [0.717, 1.165) is 23.3 Å². The first-order valence-corrected chi connectivity index (χ1v) is 7.12. The highest BCUT2D eigenvalue weighted by Gasteiger charge is 2.26. The van der Waals surface area contributed by atoms with E-state index in [1.165, 1.54) is 25.7 Å². The lowest BCUT2D eigenvalue weighted by Crippen LogP contribution is -2.30. The minimum atomic E-state index is 0.0561. The van der Waals surface area contributed by atoms with Gasteiger partial charge in [0.05, 0.1) is 6.61 Å². The molecule has 1 saturated carbocycles. The van der Waals surface area contributed by atoms with Crippen LogP contribution in [0, 0.1) is 12.8 Å². The molecule has 2 heteroatoms. The molecule has 0 saturated heterocycles. The van der Waals surface area contributed by atoms with E-state index in [1.807, 2.05) is 12.1 Å². The average Bonchev–Trinajstić information content (AvgIpc) is 2.41. The van der Waals surface area contributed by atoms with Gasteiger partial charge in [0.2, 0.25) is 0 Å². The largest absolute Gasteiger partial charge is 0.489 e. The molecule has 1 aliphatic carbocycles. The van der Waals surface area contributed by atoms with Gasteiger partial charge in [-0.1, -0.05) is 31.5 Å². The number of benzene rings is 1. The summed E-state index contributed by atoms with van der Waals surface area (Å²) in [6.45, 7) is 4.36. The molecule has 18 heavy (non-hydrogen) atoms. The zero-order chi connectivity index (χ0) is 13.0. The summed E-state index contributed by atoms with van der Waals surface area (Å²) in [5, 5.41) is 9.42. The van der Waals surface area contributed by atoms with Crippen LogP contribution in [0.5, 0.6) is 5.75 Å². The van der Waals surface area contributed by atoms with Crippen LogP contribution in [0.3, 0.4) is 0 Å². The molecule has 0 bridgehead atoms. The van der Waals surface area contributed by atoms with Crippen molar-refractivity contribution in [2.75, 3.05) is 0 Å². The third-order valence-electron chi connectivity index (χ3n) is 4.10. The molecule has 0 aromatic heterocycles. The number of para-hydroxylation sites is 1. The molecular weight excluding hydrogens is 224 g/mol. The fourth-order valence-electron chi connectivity index (χ4n) is 2.95. The minimum Gasteiger partial charge on any atom is -0.489 e. The molecule has 1 aromatic rings. The summed E-state index contributed by atoms with van der Waals surface area (Å²) in [7, 11) is 0. The van der Waals surface area contributed by atoms with Gasteiger partial charge < -0.3 is 9.84 Å². The van der Waals surface area contributed by atoms with Gasteiger partial charge in [-0.25, -0.2) is 0 Å². The summed E-state index contributed by atoms with van der Waals surface area (Å²) in [5.74, 6) is 1.58. The van der Waals surface area contributed by atoms with E-state index in [0.29, 0.717) is 12.0 Å². The Morgan fingerprint density at radius 3 is 2.78 bits per heavy atom. The molecule has 2 rings (SSSR count). The van der Waals surface area contributed by atoms with Crippen LogP contribution in [0.1, 0.15) is 50.2 Å². The molecule has 0 aliphatic heterocycles. The molecule has 0 amide bonds. The summed E-state index contributed by atoms with van der Waals surface area (Å²) < 4.78 is 6.25. The van der Waals surface area contributed by atoms with E-state index in [1.54, 1.807) is 0 Å². The predicted octanol–water partition coefficient (Wildman–Crippen LogP) is 3.83. The van der Waals surface area contributed by atoms with Crippen molar-refractivity contribution >= 4 is 0 Å². The van der Waals surface area contributed by atoms with Crippen molar-refractivity contribution in [1.29, 1.82) is 0 Å². The third kappa shape index (κ3) is 2.86. The number of ether oxygens (including phenoxy) is 1. The quantitative estimate of drug-likeness (QED) is 0.877. The van der Waals surface area contributed by atoms with Gasteiger partial charge in [0.25, 0.3) is 0 Å². The van der Waals surface area contributed by atoms with Crippen LogP contribution in [0.4, 0.5) is 0 Å². The maximum absolute atomic E-state index is 9.42. The molecule has 1 N–H and O–H groups in total. The number of rotatable bonds is 4. The van der Waals surface area contributed by atoms with E-state index in [-0.39, 0.29) is 6.61 Å². The number of aliphatic hydroxyl groups is 1. The number of aryl methyl sites for hydroxylation is 1. The highest BCUT2D eigenvalue weighted by Crippen LogP contribution is 2.33. The highest BCUT2D eigenvalue weighted by molar-refractivity contribution is 5.40. The van der Waals surface area contributed by atoms with Gasteiger partial charge in [-0.05, 0) is 44.1 Å². The lowest BCUT2D eigenvalue weighted by atomic mass is 9.84. The number of hydrogen-bond donors (Lipinski definition) is 1. The van der Waals surface area contributed by atoms with Gasteiger partial charge >= 0.3 is 0 Å². The standard InChI is InChI=1S/C16H24O2/c1-3-13-8-4-5-10-15(13)18-16-12(2)7-6-9-14(16)11-17/h6-7,9,13,15,17H,3-5,8,10-11H2,1-2H3. The Hall–Kier alpha value is -1.02. The van der Waals surface area contributed by atoms with Crippen molar-refractivity contribution < 1.29 is 9.84 Å². The summed E-state index contributed by atoms with van der Waals surface area (Å²) in [4.78, 5) is 0. The summed E-state index contributed by atoms with van der Waals surface area (Å²) >= 11 is 0. The predicted molar refractivity (Wildman–Crippen MR) is 73.8 cm³/mol. The van der Waals surface area contributed by atoms with E-state index in [4.69, 9.17) is 4.74 Å². The second-order valence-corrected chi connectivity index (χ2v) is 5.33. The van der Waals surface area contributed by atoms with Crippen LogP contribution in [-0.4, -0.2) is 11.2 Å². The van der Waals surface area contributed by atoms with Gasteiger partial charge in [0.1, 0.15) is 11.9 Å². The topological polar surface area (TPSA) is 29.5 Å². The molecule has 2 nitrogen and oxygen atoms in total. The second kappa shape index (κ2) is 6.24. The molecule has 1 aliphatic rings. The fourth-order valence-corrected chi connectivity index (χ4v) is 2.95. The second-order valence-electron chi connectivity index (χ2n) is 5.33. The van der Waals surface area contributed by atoms with Crippen LogP contribution in [0.25, 0.3) is 0 Å². The van der Waals surface area contributed by atoms with Crippen LogP contribution < -0.4 is 4.74 Å². The molecular formula is C16H24O2.